The van der Waals surface area contributed by atoms with Crippen molar-refractivity contribution in [2.45, 2.75) is 38.1 Å². The van der Waals surface area contributed by atoms with Crippen molar-refractivity contribution in [3.05, 3.63) is 35.4 Å². The number of benzene rings is 1. The van der Waals surface area contributed by atoms with Gasteiger partial charge in [0.05, 0.1) is 0 Å². The molecular weight excluding hydrogens is 232 g/mol. The van der Waals surface area contributed by atoms with Gasteiger partial charge in [0.15, 0.2) is 0 Å². The Kier molecular flexibility index (Phi) is 4.19. The molecule has 2 aliphatic rings. The fourth-order valence-electron chi connectivity index (χ4n) is 3.82. The second kappa shape index (κ2) is 6.06. The number of piperidine rings is 1. The number of likely N-dealkylation sites (tertiary alicyclic amines) is 1. The van der Waals surface area contributed by atoms with Crippen LogP contribution in [0.15, 0.2) is 24.3 Å². The molecule has 104 valence electrons. The minimum Gasteiger partial charge on any atom is -0.320 e. The van der Waals surface area contributed by atoms with Crippen LogP contribution in [0.5, 0.6) is 0 Å². The molecule has 0 aromatic heterocycles. The van der Waals surface area contributed by atoms with E-state index in [1.165, 1.54) is 51.7 Å². The maximum absolute atomic E-state index is 3.28. The van der Waals surface area contributed by atoms with E-state index in [4.69, 9.17) is 0 Å². The van der Waals surface area contributed by atoms with E-state index in [1.54, 1.807) is 11.1 Å². The molecule has 0 spiro atoms. The average molecular weight is 258 g/mol. The fourth-order valence-corrected chi connectivity index (χ4v) is 3.82. The number of nitrogens with zero attached hydrogens (tertiary/aromatic N) is 1. The summed E-state index contributed by atoms with van der Waals surface area (Å²) in [5.74, 6) is 0.945. The molecule has 0 amide bonds. The summed E-state index contributed by atoms with van der Waals surface area (Å²) in [7, 11) is 2.06. The number of rotatable bonds is 4. The molecule has 0 saturated carbocycles. The smallest absolute Gasteiger partial charge is 0.0354 e. The molecule has 3 rings (SSSR count). The van der Waals surface area contributed by atoms with Gasteiger partial charge in [0.2, 0.25) is 0 Å². The van der Waals surface area contributed by atoms with E-state index < -0.39 is 0 Å². The van der Waals surface area contributed by atoms with Gasteiger partial charge in [0.25, 0.3) is 0 Å². The maximum Gasteiger partial charge on any atom is 0.0354 e. The number of hydrogen-bond acceptors (Lipinski definition) is 2. The lowest BCUT2D eigenvalue weighted by atomic mass is 9.92. The molecule has 1 atom stereocenters. The monoisotopic (exact) mass is 258 g/mol. The van der Waals surface area contributed by atoms with Gasteiger partial charge in [-0.15, -0.1) is 0 Å². The molecule has 2 nitrogen and oxygen atoms in total. The van der Waals surface area contributed by atoms with Crippen LogP contribution >= 0.6 is 0 Å². The van der Waals surface area contributed by atoms with Crippen LogP contribution in [0.3, 0.4) is 0 Å². The molecule has 2 heteroatoms. The first-order valence-corrected chi connectivity index (χ1v) is 7.85. The average Bonchev–Trinajstić information content (AvgIpc) is 2.90. The molecule has 19 heavy (non-hydrogen) atoms. The number of aryl methyl sites for hydroxylation is 1. The van der Waals surface area contributed by atoms with E-state index in [9.17, 15) is 0 Å². The van der Waals surface area contributed by atoms with Crippen molar-refractivity contribution >= 4 is 0 Å². The summed E-state index contributed by atoms with van der Waals surface area (Å²) in [6, 6.07) is 9.76. The first kappa shape index (κ1) is 13.1. The van der Waals surface area contributed by atoms with Crippen LogP contribution in [0.4, 0.5) is 0 Å². The molecule has 1 N–H and O–H groups in total. The van der Waals surface area contributed by atoms with Crippen LogP contribution in [-0.2, 0) is 6.42 Å². The third-order valence-electron chi connectivity index (χ3n) is 4.99. The van der Waals surface area contributed by atoms with Crippen molar-refractivity contribution in [3.8, 4) is 0 Å². The van der Waals surface area contributed by atoms with Crippen LogP contribution in [-0.4, -0.2) is 31.6 Å². The SMILES string of the molecule is CNCCC1CCN(C2CCc3ccccc32)CC1. The summed E-state index contributed by atoms with van der Waals surface area (Å²) < 4.78 is 0. The summed E-state index contributed by atoms with van der Waals surface area (Å²) in [5.41, 5.74) is 3.20. The molecule has 1 unspecified atom stereocenters. The molecular formula is C17H26N2. The van der Waals surface area contributed by atoms with E-state index in [0.29, 0.717) is 6.04 Å². The van der Waals surface area contributed by atoms with Gasteiger partial charge in [-0.05, 0) is 75.8 Å². The van der Waals surface area contributed by atoms with Gasteiger partial charge >= 0.3 is 0 Å². The zero-order valence-corrected chi connectivity index (χ0v) is 12.1. The summed E-state index contributed by atoms with van der Waals surface area (Å²) in [4.78, 5) is 2.74. The van der Waals surface area contributed by atoms with Gasteiger partial charge in [0, 0.05) is 6.04 Å². The Morgan fingerprint density at radius 3 is 2.74 bits per heavy atom. The van der Waals surface area contributed by atoms with Crippen LogP contribution in [0.25, 0.3) is 0 Å². The third kappa shape index (κ3) is 2.85. The topological polar surface area (TPSA) is 15.3 Å². The van der Waals surface area contributed by atoms with Crippen molar-refractivity contribution in [1.82, 2.24) is 10.2 Å². The summed E-state index contributed by atoms with van der Waals surface area (Å²) >= 11 is 0. The Labute approximate surface area is 117 Å². The van der Waals surface area contributed by atoms with Gasteiger partial charge in [-0.1, -0.05) is 24.3 Å². The molecule has 1 saturated heterocycles. The highest BCUT2D eigenvalue weighted by Gasteiger charge is 2.30. The Bertz CT molecular complexity index is 407. The second-order valence-electron chi connectivity index (χ2n) is 6.12. The second-order valence-corrected chi connectivity index (χ2v) is 6.12. The number of fused-ring (bicyclic) bond motifs is 1. The Hall–Kier alpha value is -0.860. The maximum atomic E-state index is 3.28. The number of hydrogen-bond donors (Lipinski definition) is 1. The first-order chi connectivity index (χ1) is 9.38. The lowest BCUT2D eigenvalue weighted by Gasteiger charge is -2.36. The molecule has 1 aromatic carbocycles. The minimum atomic E-state index is 0.710. The molecule has 0 bridgehead atoms. The van der Waals surface area contributed by atoms with Crippen molar-refractivity contribution in [2.24, 2.45) is 5.92 Å². The van der Waals surface area contributed by atoms with Crippen molar-refractivity contribution in [1.29, 1.82) is 0 Å². The first-order valence-electron chi connectivity index (χ1n) is 7.85. The Morgan fingerprint density at radius 2 is 1.95 bits per heavy atom. The highest BCUT2D eigenvalue weighted by atomic mass is 15.2. The summed E-state index contributed by atoms with van der Waals surface area (Å²) in [5, 5.41) is 3.28. The highest BCUT2D eigenvalue weighted by Crippen LogP contribution is 2.37. The predicted octanol–water partition coefficient (Wildman–Crippen LogP) is 3.00. The lowest BCUT2D eigenvalue weighted by Crippen LogP contribution is -2.36. The van der Waals surface area contributed by atoms with Crippen LogP contribution in [0, 0.1) is 5.92 Å². The van der Waals surface area contributed by atoms with Gasteiger partial charge in [-0.3, -0.25) is 4.90 Å². The van der Waals surface area contributed by atoms with Gasteiger partial charge in [0.1, 0.15) is 0 Å². The van der Waals surface area contributed by atoms with Gasteiger partial charge in [-0.2, -0.15) is 0 Å². The van der Waals surface area contributed by atoms with Crippen LogP contribution < -0.4 is 5.32 Å². The van der Waals surface area contributed by atoms with Crippen LogP contribution in [0.2, 0.25) is 0 Å². The van der Waals surface area contributed by atoms with Crippen LogP contribution in [0.1, 0.15) is 42.9 Å². The zero-order valence-electron chi connectivity index (χ0n) is 12.1. The predicted molar refractivity (Wildman–Crippen MR) is 80.3 cm³/mol. The van der Waals surface area contributed by atoms with E-state index in [0.717, 1.165) is 5.92 Å². The molecule has 1 heterocycles. The molecule has 1 aliphatic carbocycles. The Balaban J connectivity index is 1.58. The normalized spacial score (nSPS) is 24.6. The molecule has 0 radical (unpaired) electrons. The van der Waals surface area contributed by atoms with Gasteiger partial charge < -0.3 is 5.32 Å². The number of nitrogens with one attached hydrogen (secondary N) is 1. The Morgan fingerprint density at radius 1 is 1.16 bits per heavy atom. The molecule has 1 fully saturated rings. The summed E-state index contributed by atoms with van der Waals surface area (Å²) in [6.07, 6.45) is 6.74. The van der Waals surface area contributed by atoms with Crippen molar-refractivity contribution < 1.29 is 0 Å². The third-order valence-corrected chi connectivity index (χ3v) is 4.99. The molecule has 1 aliphatic heterocycles. The largest absolute Gasteiger partial charge is 0.320 e. The van der Waals surface area contributed by atoms with E-state index in [2.05, 4.69) is 41.5 Å². The van der Waals surface area contributed by atoms with Crippen molar-refractivity contribution in [3.63, 3.8) is 0 Å². The van der Waals surface area contributed by atoms with E-state index >= 15 is 0 Å². The minimum absolute atomic E-state index is 0.710. The van der Waals surface area contributed by atoms with E-state index in [-0.39, 0.29) is 0 Å². The van der Waals surface area contributed by atoms with E-state index in [1.807, 2.05) is 0 Å². The van der Waals surface area contributed by atoms with Crippen molar-refractivity contribution in [2.75, 3.05) is 26.7 Å². The zero-order chi connectivity index (χ0) is 13.1. The molecule has 1 aromatic rings. The van der Waals surface area contributed by atoms with Gasteiger partial charge in [-0.25, -0.2) is 0 Å². The highest BCUT2D eigenvalue weighted by molar-refractivity contribution is 5.34. The standard InChI is InChI=1S/C17H26N2/c1-18-11-8-14-9-12-19(13-10-14)17-7-6-15-4-2-3-5-16(15)17/h2-5,14,17-18H,6-13H2,1H3. The summed E-state index contributed by atoms with van der Waals surface area (Å²) in [6.45, 7) is 3.78. The fraction of sp³-hybridized carbons (Fsp3) is 0.647. The lowest BCUT2D eigenvalue weighted by molar-refractivity contribution is 0.129. The quantitative estimate of drug-likeness (QED) is 0.893.